The average Bonchev–Trinajstić information content (AvgIpc) is 2.74. The molecule has 0 heterocycles. The van der Waals surface area contributed by atoms with Crippen molar-refractivity contribution in [1.29, 1.82) is 0 Å². The van der Waals surface area contributed by atoms with Crippen LogP contribution in [0.2, 0.25) is 0 Å². The van der Waals surface area contributed by atoms with Gasteiger partial charge in [-0.05, 0) is 26.5 Å². The number of rotatable bonds is 13. The Morgan fingerprint density at radius 2 is 1.67 bits per heavy atom. The van der Waals surface area contributed by atoms with Gasteiger partial charge in [-0.1, -0.05) is 30.3 Å². The highest BCUT2D eigenvalue weighted by Gasteiger charge is 2.34. The molecule has 1 rings (SSSR count). The van der Waals surface area contributed by atoms with Crippen molar-refractivity contribution in [3.63, 3.8) is 0 Å². The van der Waals surface area contributed by atoms with Crippen LogP contribution in [0.4, 0.5) is 4.79 Å². The molecule has 1 amide bonds. The average molecular weight is 468 g/mol. The lowest BCUT2D eigenvalue weighted by Crippen LogP contribution is -2.42. The maximum absolute atomic E-state index is 12.0. The summed E-state index contributed by atoms with van der Waals surface area (Å²) in [6.07, 6.45) is -0.764. The first-order valence-corrected chi connectivity index (χ1v) is 9.89. The summed E-state index contributed by atoms with van der Waals surface area (Å²) in [5.41, 5.74) is -0.863. The van der Waals surface area contributed by atoms with E-state index in [2.05, 4.69) is 10.1 Å². The summed E-state index contributed by atoms with van der Waals surface area (Å²) in [5, 5.41) is 10.8. The van der Waals surface area contributed by atoms with Crippen LogP contribution in [0.3, 0.4) is 0 Å². The zero-order valence-corrected chi connectivity index (χ0v) is 18.7. The van der Waals surface area contributed by atoms with Gasteiger partial charge in [0, 0.05) is 6.54 Å². The molecule has 0 fully saturated rings. The Labute approximate surface area is 190 Å². The minimum Gasteiger partial charge on any atom is -0.479 e. The Morgan fingerprint density at radius 3 is 2.30 bits per heavy atom. The minimum absolute atomic E-state index is 0.0621. The van der Waals surface area contributed by atoms with Gasteiger partial charge in [-0.25, -0.2) is 14.4 Å². The van der Waals surface area contributed by atoms with E-state index in [1.54, 1.807) is 19.2 Å². The standard InChI is InChI=1S/C21H28N2O10/c1-21(2,19(28)31-14-16(24)25)33-18(27)12-23(3)9-10-30-17(26)11-22-20(29)32-13-15-7-5-4-6-8-15/h4-8H,9-14H2,1-3H3,(H,22,29)(H,24,25). The fraction of sp³-hybridized carbons (Fsp3) is 0.476. The van der Waals surface area contributed by atoms with E-state index in [0.717, 1.165) is 5.56 Å². The number of alkyl carbamates (subject to hydrolysis) is 1. The van der Waals surface area contributed by atoms with Crippen molar-refractivity contribution in [3.05, 3.63) is 35.9 Å². The van der Waals surface area contributed by atoms with E-state index in [-0.39, 0.29) is 32.8 Å². The number of hydrogen-bond donors (Lipinski definition) is 2. The van der Waals surface area contributed by atoms with Gasteiger partial charge < -0.3 is 29.4 Å². The highest BCUT2D eigenvalue weighted by atomic mass is 16.6. The number of benzene rings is 1. The van der Waals surface area contributed by atoms with Gasteiger partial charge in [-0.15, -0.1) is 0 Å². The second kappa shape index (κ2) is 13.7. The summed E-state index contributed by atoms with van der Waals surface area (Å²) in [5.74, 6) is -3.78. The molecule has 0 aliphatic rings. The van der Waals surface area contributed by atoms with Gasteiger partial charge >= 0.3 is 30.0 Å². The van der Waals surface area contributed by atoms with Gasteiger partial charge in [0.15, 0.2) is 6.61 Å². The SMILES string of the molecule is CN(CCOC(=O)CNC(=O)OCc1ccccc1)CC(=O)OC(C)(C)C(=O)OCC(=O)O. The van der Waals surface area contributed by atoms with E-state index in [0.29, 0.717) is 0 Å². The number of aliphatic carboxylic acids is 1. The zero-order chi connectivity index (χ0) is 24.9. The summed E-state index contributed by atoms with van der Waals surface area (Å²) < 4.78 is 19.5. The highest BCUT2D eigenvalue weighted by molar-refractivity contribution is 5.84. The normalized spacial score (nSPS) is 10.8. The monoisotopic (exact) mass is 468 g/mol. The lowest BCUT2D eigenvalue weighted by atomic mass is 10.1. The molecule has 0 aliphatic heterocycles. The lowest BCUT2D eigenvalue weighted by molar-refractivity contribution is -0.181. The van der Waals surface area contributed by atoms with Gasteiger partial charge in [-0.2, -0.15) is 0 Å². The molecule has 12 nitrogen and oxygen atoms in total. The Kier molecular flexibility index (Phi) is 11.3. The molecule has 2 N–H and O–H groups in total. The van der Waals surface area contributed by atoms with Crippen LogP contribution >= 0.6 is 0 Å². The molecular weight excluding hydrogens is 440 g/mol. The maximum atomic E-state index is 12.0. The Hall–Kier alpha value is -3.67. The number of hydrogen-bond acceptors (Lipinski definition) is 10. The van der Waals surface area contributed by atoms with E-state index in [1.165, 1.54) is 18.7 Å². The van der Waals surface area contributed by atoms with E-state index in [4.69, 9.17) is 19.3 Å². The van der Waals surface area contributed by atoms with E-state index in [1.807, 2.05) is 18.2 Å². The van der Waals surface area contributed by atoms with Crippen molar-refractivity contribution in [3.8, 4) is 0 Å². The van der Waals surface area contributed by atoms with Crippen molar-refractivity contribution in [2.45, 2.75) is 26.1 Å². The molecule has 0 saturated heterocycles. The molecule has 0 unspecified atom stereocenters. The number of carbonyl (C=O) groups excluding carboxylic acids is 4. The van der Waals surface area contributed by atoms with Gasteiger partial charge in [-0.3, -0.25) is 14.5 Å². The fourth-order valence-electron chi connectivity index (χ4n) is 2.24. The maximum Gasteiger partial charge on any atom is 0.407 e. The van der Waals surface area contributed by atoms with Crippen LogP contribution in [0.25, 0.3) is 0 Å². The molecule has 0 radical (unpaired) electrons. The van der Waals surface area contributed by atoms with Gasteiger partial charge in [0.1, 0.15) is 19.8 Å². The van der Waals surface area contributed by atoms with E-state index < -0.39 is 42.2 Å². The number of esters is 3. The summed E-state index contributed by atoms with van der Waals surface area (Å²) in [4.78, 5) is 59.0. The smallest absolute Gasteiger partial charge is 0.407 e. The predicted octanol–water partition coefficient (Wildman–Crippen LogP) is 0.337. The number of amides is 1. The number of likely N-dealkylation sites (N-methyl/N-ethyl adjacent to an activating group) is 1. The first-order chi connectivity index (χ1) is 15.5. The molecule has 1 aromatic carbocycles. The molecule has 0 atom stereocenters. The molecule has 182 valence electrons. The van der Waals surface area contributed by atoms with Crippen LogP contribution in [0, 0.1) is 0 Å². The number of nitrogens with zero attached hydrogens (tertiary/aromatic N) is 1. The summed E-state index contributed by atoms with van der Waals surface area (Å²) in [7, 11) is 1.56. The van der Waals surface area contributed by atoms with Gasteiger partial charge in [0.25, 0.3) is 0 Å². The van der Waals surface area contributed by atoms with Crippen LogP contribution in [0.1, 0.15) is 19.4 Å². The summed E-state index contributed by atoms with van der Waals surface area (Å²) in [6.45, 7) is 1.27. The van der Waals surface area contributed by atoms with Gasteiger partial charge in [0.05, 0.1) is 6.54 Å². The topological polar surface area (TPSA) is 158 Å². The number of ether oxygens (including phenoxy) is 4. The first-order valence-electron chi connectivity index (χ1n) is 9.89. The second-order valence-corrected chi connectivity index (χ2v) is 7.33. The third kappa shape index (κ3) is 12.1. The number of carboxylic acids is 1. The van der Waals surface area contributed by atoms with Crippen LogP contribution in [0.5, 0.6) is 0 Å². The summed E-state index contributed by atoms with van der Waals surface area (Å²) in [6, 6.07) is 9.03. The van der Waals surface area contributed by atoms with Crippen molar-refractivity contribution >= 4 is 30.0 Å². The lowest BCUT2D eigenvalue weighted by Gasteiger charge is -2.24. The molecule has 0 saturated carbocycles. The molecule has 0 bridgehead atoms. The fourth-order valence-corrected chi connectivity index (χ4v) is 2.24. The highest BCUT2D eigenvalue weighted by Crippen LogP contribution is 2.12. The number of nitrogens with one attached hydrogen (secondary N) is 1. The molecule has 1 aromatic rings. The Bertz CT molecular complexity index is 826. The molecular formula is C21H28N2O10. The zero-order valence-electron chi connectivity index (χ0n) is 18.7. The second-order valence-electron chi connectivity index (χ2n) is 7.33. The van der Waals surface area contributed by atoms with Crippen molar-refractivity contribution in [2.24, 2.45) is 0 Å². The van der Waals surface area contributed by atoms with E-state index >= 15 is 0 Å². The minimum atomic E-state index is -1.67. The Morgan fingerprint density at radius 1 is 1.00 bits per heavy atom. The van der Waals surface area contributed by atoms with Crippen LogP contribution in [-0.4, -0.2) is 85.5 Å². The molecule has 0 aliphatic carbocycles. The molecule has 0 aromatic heterocycles. The Balaban J connectivity index is 2.21. The van der Waals surface area contributed by atoms with Gasteiger partial charge in [0.2, 0.25) is 5.60 Å². The third-order valence-electron chi connectivity index (χ3n) is 3.91. The molecule has 33 heavy (non-hydrogen) atoms. The third-order valence-corrected chi connectivity index (χ3v) is 3.91. The largest absolute Gasteiger partial charge is 0.479 e. The van der Waals surface area contributed by atoms with Crippen molar-refractivity contribution < 1.29 is 48.0 Å². The number of carboxylic acid groups (broad SMARTS) is 1. The quantitative estimate of drug-likeness (QED) is 0.304. The van der Waals surface area contributed by atoms with Crippen molar-refractivity contribution in [2.75, 3.05) is 39.9 Å². The van der Waals surface area contributed by atoms with Crippen LogP contribution < -0.4 is 5.32 Å². The molecule has 0 spiro atoms. The first kappa shape index (κ1) is 27.4. The van der Waals surface area contributed by atoms with Crippen LogP contribution in [0.15, 0.2) is 30.3 Å². The molecule has 12 heteroatoms. The predicted molar refractivity (Wildman–Crippen MR) is 112 cm³/mol. The number of carbonyl (C=O) groups is 5. The van der Waals surface area contributed by atoms with Crippen LogP contribution in [-0.2, 0) is 44.7 Å². The van der Waals surface area contributed by atoms with E-state index in [9.17, 15) is 24.0 Å². The summed E-state index contributed by atoms with van der Waals surface area (Å²) >= 11 is 0. The van der Waals surface area contributed by atoms with Crippen molar-refractivity contribution in [1.82, 2.24) is 10.2 Å².